The molecule has 0 atom stereocenters. The third kappa shape index (κ3) is 1.77. The number of hydrogen-bond donors (Lipinski definition) is 1. The minimum Gasteiger partial charge on any atom is -0.476 e. The molecule has 16 heavy (non-hydrogen) atoms. The molecule has 6 nitrogen and oxygen atoms in total. The molecule has 0 amide bonds. The summed E-state index contributed by atoms with van der Waals surface area (Å²) >= 11 is 0. The summed E-state index contributed by atoms with van der Waals surface area (Å²) in [6.45, 7) is 3.71. The van der Waals surface area contributed by atoms with Crippen molar-refractivity contribution in [3.63, 3.8) is 0 Å². The van der Waals surface area contributed by atoms with E-state index in [1.165, 1.54) is 17.1 Å². The maximum atomic E-state index is 10.7. The third-order valence-corrected chi connectivity index (χ3v) is 2.25. The second-order valence-electron chi connectivity index (χ2n) is 3.37. The second-order valence-corrected chi connectivity index (χ2v) is 3.37. The number of nitrogens with zero attached hydrogens (tertiary/aromatic N) is 4. The van der Waals surface area contributed by atoms with Crippen molar-refractivity contribution in [3.8, 4) is 5.82 Å². The third-order valence-electron chi connectivity index (χ3n) is 2.25. The first-order valence-corrected chi connectivity index (χ1v) is 4.66. The molecule has 0 aliphatic carbocycles. The van der Waals surface area contributed by atoms with Gasteiger partial charge in [0.15, 0.2) is 11.5 Å². The summed E-state index contributed by atoms with van der Waals surface area (Å²) in [5, 5.41) is 8.73. The molecule has 0 spiro atoms. The molecule has 2 aromatic heterocycles. The van der Waals surface area contributed by atoms with Gasteiger partial charge in [0.05, 0.1) is 17.6 Å². The summed E-state index contributed by atoms with van der Waals surface area (Å²) in [6, 6.07) is 0. The van der Waals surface area contributed by atoms with Gasteiger partial charge >= 0.3 is 5.97 Å². The fourth-order valence-electron chi connectivity index (χ4n) is 1.21. The molecule has 2 rings (SSSR count). The summed E-state index contributed by atoms with van der Waals surface area (Å²) in [5.41, 5.74) is 1.64. The SMILES string of the molecule is Cc1ncc(-n2cnc(C(=O)O)c2)nc1C. The van der Waals surface area contributed by atoms with Crippen molar-refractivity contribution < 1.29 is 9.90 Å². The van der Waals surface area contributed by atoms with Crippen LogP contribution in [0.1, 0.15) is 21.9 Å². The summed E-state index contributed by atoms with van der Waals surface area (Å²) in [5.74, 6) is -0.501. The van der Waals surface area contributed by atoms with Crippen LogP contribution in [0.5, 0.6) is 0 Å². The molecule has 0 fully saturated rings. The molecule has 0 aliphatic heterocycles. The van der Waals surface area contributed by atoms with Crippen molar-refractivity contribution >= 4 is 5.97 Å². The first kappa shape index (κ1) is 10.3. The van der Waals surface area contributed by atoms with E-state index in [1.54, 1.807) is 6.20 Å². The molecule has 82 valence electrons. The molecule has 1 N–H and O–H groups in total. The van der Waals surface area contributed by atoms with Gasteiger partial charge in [-0.2, -0.15) is 0 Å². The average molecular weight is 218 g/mol. The van der Waals surface area contributed by atoms with Gasteiger partial charge in [-0.15, -0.1) is 0 Å². The highest BCUT2D eigenvalue weighted by molar-refractivity contribution is 5.85. The van der Waals surface area contributed by atoms with Crippen LogP contribution in [0.2, 0.25) is 0 Å². The zero-order chi connectivity index (χ0) is 11.7. The van der Waals surface area contributed by atoms with Gasteiger partial charge in [0.25, 0.3) is 0 Å². The number of carboxylic acids is 1. The number of imidazole rings is 1. The van der Waals surface area contributed by atoms with Crippen LogP contribution in [0.25, 0.3) is 5.82 Å². The van der Waals surface area contributed by atoms with Gasteiger partial charge in [0.2, 0.25) is 0 Å². The average Bonchev–Trinajstić information content (AvgIpc) is 2.71. The maximum absolute atomic E-state index is 10.7. The van der Waals surface area contributed by atoms with Crippen LogP contribution >= 0.6 is 0 Å². The zero-order valence-corrected chi connectivity index (χ0v) is 8.88. The number of aromatic carboxylic acids is 1. The number of carboxylic acid groups (broad SMARTS) is 1. The lowest BCUT2D eigenvalue weighted by atomic mass is 10.3. The monoisotopic (exact) mass is 218 g/mol. The molecule has 0 aliphatic rings. The summed E-state index contributed by atoms with van der Waals surface area (Å²) in [7, 11) is 0. The molecular weight excluding hydrogens is 208 g/mol. The molecule has 0 bridgehead atoms. The number of rotatable bonds is 2. The molecular formula is C10H10N4O2. The van der Waals surface area contributed by atoms with Gasteiger partial charge in [-0.3, -0.25) is 9.55 Å². The lowest BCUT2D eigenvalue weighted by molar-refractivity contribution is 0.0691. The van der Waals surface area contributed by atoms with Crippen LogP contribution in [0.15, 0.2) is 18.7 Å². The highest BCUT2D eigenvalue weighted by Crippen LogP contribution is 2.07. The maximum Gasteiger partial charge on any atom is 0.356 e. The number of aromatic nitrogens is 4. The summed E-state index contributed by atoms with van der Waals surface area (Å²) in [4.78, 5) is 22.8. The van der Waals surface area contributed by atoms with E-state index in [-0.39, 0.29) is 5.69 Å². The normalized spacial score (nSPS) is 10.4. The van der Waals surface area contributed by atoms with Gasteiger partial charge < -0.3 is 5.11 Å². The van der Waals surface area contributed by atoms with Crippen molar-refractivity contribution in [2.45, 2.75) is 13.8 Å². The smallest absolute Gasteiger partial charge is 0.356 e. The van der Waals surface area contributed by atoms with E-state index in [4.69, 9.17) is 5.11 Å². The Morgan fingerprint density at radius 3 is 2.62 bits per heavy atom. The van der Waals surface area contributed by atoms with Gasteiger partial charge in [-0.05, 0) is 13.8 Å². The number of hydrogen-bond acceptors (Lipinski definition) is 4. The lowest BCUT2D eigenvalue weighted by Gasteiger charge is -2.02. The molecule has 2 heterocycles. The predicted molar refractivity (Wildman–Crippen MR) is 55.6 cm³/mol. The molecule has 6 heteroatoms. The van der Waals surface area contributed by atoms with Crippen LogP contribution in [0, 0.1) is 13.8 Å². The predicted octanol–water partition coefficient (Wildman–Crippen LogP) is 0.977. The van der Waals surface area contributed by atoms with E-state index in [0.29, 0.717) is 5.82 Å². The van der Waals surface area contributed by atoms with Crippen molar-refractivity contribution in [3.05, 3.63) is 35.8 Å². The Balaban J connectivity index is 2.42. The minimum absolute atomic E-state index is 0.0139. The largest absolute Gasteiger partial charge is 0.476 e. The van der Waals surface area contributed by atoms with Crippen molar-refractivity contribution in [2.24, 2.45) is 0 Å². The molecule has 0 saturated carbocycles. The van der Waals surface area contributed by atoms with E-state index in [9.17, 15) is 4.79 Å². The minimum atomic E-state index is -1.06. The molecule has 0 unspecified atom stereocenters. The summed E-state index contributed by atoms with van der Waals surface area (Å²) < 4.78 is 1.53. The van der Waals surface area contributed by atoms with Gasteiger partial charge in [-0.1, -0.05) is 0 Å². The van der Waals surface area contributed by atoms with Gasteiger partial charge in [0, 0.05) is 6.20 Å². The Labute approximate surface area is 91.6 Å². The van der Waals surface area contributed by atoms with Crippen molar-refractivity contribution in [2.75, 3.05) is 0 Å². The number of carbonyl (C=O) groups is 1. The van der Waals surface area contributed by atoms with Crippen LogP contribution < -0.4 is 0 Å². The fraction of sp³-hybridized carbons (Fsp3) is 0.200. The highest BCUT2D eigenvalue weighted by atomic mass is 16.4. The molecule has 0 aromatic carbocycles. The van der Waals surface area contributed by atoms with E-state index >= 15 is 0 Å². The van der Waals surface area contributed by atoms with E-state index in [2.05, 4.69) is 15.0 Å². The van der Waals surface area contributed by atoms with Crippen LogP contribution in [-0.2, 0) is 0 Å². The van der Waals surface area contributed by atoms with Gasteiger partial charge in [-0.25, -0.2) is 14.8 Å². The van der Waals surface area contributed by atoms with Crippen LogP contribution in [0.4, 0.5) is 0 Å². The quantitative estimate of drug-likeness (QED) is 0.812. The van der Waals surface area contributed by atoms with E-state index in [0.717, 1.165) is 11.4 Å². The fourth-order valence-corrected chi connectivity index (χ4v) is 1.21. The standard InChI is InChI=1S/C10H10N4O2/c1-6-7(2)13-9(3-11-6)14-4-8(10(15)16)12-5-14/h3-5H,1-2H3,(H,15,16). The molecule has 0 radical (unpaired) electrons. The number of aryl methyl sites for hydroxylation is 2. The zero-order valence-electron chi connectivity index (χ0n) is 8.88. The second kappa shape index (κ2) is 3.73. The Morgan fingerprint density at radius 1 is 1.31 bits per heavy atom. The van der Waals surface area contributed by atoms with Crippen molar-refractivity contribution in [1.29, 1.82) is 0 Å². The van der Waals surface area contributed by atoms with Gasteiger partial charge in [0.1, 0.15) is 6.33 Å². The Bertz CT molecular complexity index is 548. The van der Waals surface area contributed by atoms with E-state index < -0.39 is 5.97 Å². The lowest BCUT2D eigenvalue weighted by Crippen LogP contribution is -2.00. The summed E-state index contributed by atoms with van der Waals surface area (Å²) in [6.07, 6.45) is 4.39. The topological polar surface area (TPSA) is 80.9 Å². The first-order chi connectivity index (χ1) is 7.58. The molecule has 2 aromatic rings. The van der Waals surface area contributed by atoms with E-state index in [1.807, 2.05) is 13.8 Å². The van der Waals surface area contributed by atoms with Crippen LogP contribution in [-0.4, -0.2) is 30.6 Å². The Morgan fingerprint density at radius 2 is 2.06 bits per heavy atom. The van der Waals surface area contributed by atoms with Crippen molar-refractivity contribution in [1.82, 2.24) is 19.5 Å². The Hall–Kier alpha value is -2.24. The highest BCUT2D eigenvalue weighted by Gasteiger charge is 2.08. The van der Waals surface area contributed by atoms with Crippen LogP contribution in [0.3, 0.4) is 0 Å². The molecule has 0 saturated heterocycles. The first-order valence-electron chi connectivity index (χ1n) is 4.66. The Kier molecular flexibility index (Phi) is 2.40.